The minimum atomic E-state index is -0.953. The standard InChI is InChI=1S/C13H26O3/c1-6-11(12(14)16-7-2)13(5,15)9-8-10(3)4/h10-11,15H,6-9H2,1-5H3. The van der Waals surface area contributed by atoms with Gasteiger partial charge in [0.15, 0.2) is 0 Å². The molecular formula is C13H26O3. The van der Waals surface area contributed by atoms with E-state index in [2.05, 4.69) is 13.8 Å². The van der Waals surface area contributed by atoms with Gasteiger partial charge in [-0.3, -0.25) is 4.79 Å². The van der Waals surface area contributed by atoms with Gasteiger partial charge in [-0.1, -0.05) is 20.8 Å². The van der Waals surface area contributed by atoms with Crippen molar-refractivity contribution in [1.82, 2.24) is 0 Å². The zero-order valence-corrected chi connectivity index (χ0v) is 11.2. The summed E-state index contributed by atoms with van der Waals surface area (Å²) in [4.78, 5) is 11.7. The average molecular weight is 230 g/mol. The molecular weight excluding hydrogens is 204 g/mol. The van der Waals surface area contributed by atoms with Crippen LogP contribution in [0.5, 0.6) is 0 Å². The highest BCUT2D eigenvalue weighted by Crippen LogP contribution is 2.28. The van der Waals surface area contributed by atoms with E-state index < -0.39 is 11.5 Å². The summed E-state index contributed by atoms with van der Waals surface area (Å²) in [6.45, 7) is 10.0. The number of hydrogen-bond acceptors (Lipinski definition) is 3. The minimum Gasteiger partial charge on any atom is -0.466 e. The van der Waals surface area contributed by atoms with E-state index in [0.717, 1.165) is 6.42 Å². The maximum absolute atomic E-state index is 11.7. The Morgan fingerprint density at radius 2 is 1.94 bits per heavy atom. The van der Waals surface area contributed by atoms with Gasteiger partial charge in [0.05, 0.1) is 18.1 Å². The van der Waals surface area contributed by atoms with Gasteiger partial charge in [-0.05, 0) is 39.0 Å². The Morgan fingerprint density at radius 3 is 2.31 bits per heavy atom. The molecule has 0 fully saturated rings. The molecule has 3 heteroatoms. The zero-order chi connectivity index (χ0) is 12.8. The maximum Gasteiger partial charge on any atom is 0.311 e. The molecule has 2 atom stereocenters. The fourth-order valence-electron chi connectivity index (χ4n) is 1.86. The molecule has 0 saturated carbocycles. The number of hydrogen-bond donors (Lipinski definition) is 1. The molecule has 96 valence electrons. The summed E-state index contributed by atoms with van der Waals surface area (Å²) in [5, 5.41) is 10.3. The molecule has 0 aliphatic rings. The van der Waals surface area contributed by atoms with Crippen molar-refractivity contribution in [1.29, 1.82) is 0 Å². The Balaban J connectivity index is 4.46. The summed E-state index contributed by atoms with van der Waals surface area (Å²) in [6, 6.07) is 0. The molecule has 0 aliphatic carbocycles. The second kappa shape index (κ2) is 6.89. The smallest absolute Gasteiger partial charge is 0.311 e. The number of carbonyl (C=O) groups is 1. The Morgan fingerprint density at radius 1 is 1.38 bits per heavy atom. The molecule has 0 bridgehead atoms. The molecule has 0 saturated heterocycles. The van der Waals surface area contributed by atoms with Gasteiger partial charge in [0, 0.05) is 0 Å². The topological polar surface area (TPSA) is 46.5 Å². The van der Waals surface area contributed by atoms with Gasteiger partial charge in [0.25, 0.3) is 0 Å². The Hall–Kier alpha value is -0.570. The lowest BCUT2D eigenvalue weighted by molar-refractivity contribution is -0.158. The molecule has 0 rings (SSSR count). The molecule has 0 radical (unpaired) electrons. The van der Waals surface area contributed by atoms with Gasteiger partial charge in [0.2, 0.25) is 0 Å². The highest BCUT2D eigenvalue weighted by Gasteiger charge is 2.36. The molecule has 0 aromatic heterocycles. The van der Waals surface area contributed by atoms with Crippen LogP contribution in [0.4, 0.5) is 0 Å². The Bertz CT molecular complexity index is 209. The van der Waals surface area contributed by atoms with Crippen LogP contribution in [0, 0.1) is 11.8 Å². The summed E-state index contributed by atoms with van der Waals surface area (Å²) in [5.74, 6) is -0.156. The molecule has 0 aromatic rings. The third-order valence-electron chi connectivity index (χ3n) is 2.96. The largest absolute Gasteiger partial charge is 0.466 e. The number of rotatable bonds is 7. The van der Waals surface area contributed by atoms with Crippen molar-refractivity contribution >= 4 is 5.97 Å². The van der Waals surface area contributed by atoms with Gasteiger partial charge >= 0.3 is 5.97 Å². The van der Waals surface area contributed by atoms with E-state index >= 15 is 0 Å². The minimum absolute atomic E-state index is 0.279. The summed E-state index contributed by atoms with van der Waals surface area (Å²) in [7, 11) is 0. The highest BCUT2D eigenvalue weighted by atomic mass is 16.5. The number of esters is 1. The maximum atomic E-state index is 11.7. The Labute approximate surface area is 99.2 Å². The molecule has 0 spiro atoms. The molecule has 0 heterocycles. The summed E-state index contributed by atoms with van der Waals surface area (Å²) in [5.41, 5.74) is -0.953. The van der Waals surface area contributed by atoms with Gasteiger partial charge in [-0.15, -0.1) is 0 Å². The first-order chi connectivity index (χ1) is 7.35. The van der Waals surface area contributed by atoms with Crippen LogP contribution in [0.25, 0.3) is 0 Å². The van der Waals surface area contributed by atoms with Crippen LogP contribution in [0.15, 0.2) is 0 Å². The molecule has 0 aromatic carbocycles. The van der Waals surface area contributed by atoms with Crippen LogP contribution in [-0.4, -0.2) is 23.3 Å². The number of aliphatic hydroxyl groups is 1. The van der Waals surface area contributed by atoms with Gasteiger partial charge < -0.3 is 9.84 Å². The SMILES string of the molecule is CCOC(=O)C(CC)C(C)(O)CCC(C)C. The second-order valence-corrected chi connectivity index (χ2v) is 5.00. The summed E-state index contributed by atoms with van der Waals surface area (Å²) < 4.78 is 4.99. The highest BCUT2D eigenvalue weighted by molar-refractivity contribution is 5.73. The molecule has 3 nitrogen and oxygen atoms in total. The van der Waals surface area contributed by atoms with Gasteiger partial charge in [-0.25, -0.2) is 0 Å². The molecule has 0 amide bonds. The molecule has 16 heavy (non-hydrogen) atoms. The monoisotopic (exact) mass is 230 g/mol. The Kier molecular flexibility index (Phi) is 6.65. The van der Waals surface area contributed by atoms with E-state index in [1.54, 1.807) is 13.8 Å². The van der Waals surface area contributed by atoms with Crippen molar-refractivity contribution in [2.75, 3.05) is 6.61 Å². The average Bonchev–Trinajstić information content (AvgIpc) is 2.16. The molecule has 2 unspecified atom stereocenters. The number of ether oxygens (including phenoxy) is 1. The lowest BCUT2D eigenvalue weighted by atomic mass is 9.82. The zero-order valence-electron chi connectivity index (χ0n) is 11.2. The molecule has 1 N–H and O–H groups in total. The third kappa shape index (κ3) is 4.97. The first-order valence-electron chi connectivity index (χ1n) is 6.24. The van der Waals surface area contributed by atoms with Crippen LogP contribution in [0.1, 0.15) is 53.9 Å². The van der Waals surface area contributed by atoms with Crippen LogP contribution in [-0.2, 0) is 9.53 Å². The summed E-state index contributed by atoms with van der Waals surface area (Å²) >= 11 is 0. The number of carbonyl (C=O) groups excluding carboxylic acids is 1. The van der Waals surface area contributed by atoms with Crippen molar-refractivity contribution < 1.29 is 14.6 Å². The normalized spacial score (nSPS) is 16.9. The fourth-order valence-corrected chi connectivity index (χ4v) is 1.86. The van der Waals surface area contributed by atoms with E-state index in [-0.39, 0.29) is 5.97 Å². The predicted molar refractivity (Wildman–Crippen MR) is 65.1 cm³/mol. The first-order valence-corrected chi connectivity index (χ1v) is 6.24. The van der Waals surface area contributed by atoms with E-state index in [9.17, 15) is 9.90 Å². The quantitative estimate of drug-likeness (QED) is 0.684. The van der Waals surface area contributed by atoms with Crippen LogP contribution >= 0.6 is 0 Å². The van der Waals surface area contributed by atoms with Crippen LogP contribution in [0.2, 0.25) is 0 Å². The van der Waals surface area contributed by atoms with Gasteiger partial charge in [-0.2, -0.15) is 0 Å². The first kappa shape index (κ1) is 15.4. The summed E-state index contributed by atoms with van der Waals surface area (Å²) in [6.07, 6.45) is 2.18. The van der Waals surface area contributed by atoms with Crippen molar-refractivity contribution in [2.24, 2.45) is 11.8 Å². The van der Waals surface area contributed by atoms with Crippen molar-refractivity contribution in [3.8, 4) is 0 Å². The van der Waals surface area contributed by atoms with E-state index in [4.69, 9.17) is 4.74 Å². The van der Waals surface area contributed by atoms with Crippen molar-refractivity contribution in [2.45, 2.75) is 59.5 Å². The van der Waals surface area contributed by atoms with Crippen LogP contribution < -0.4 is 0 Å². The van der Waals surface area contributed by atoms with Crippen molar-refractivity contribution in [3.05, 3.63) is 0 Å². The van der Waals surface area contributed by atoms with E-state index in [1.807, 2.05) is 6.92 Å². The van der Waals surface area contributed by atoms with Crippen molar-refractivity contribution in [3.63, 3.8) is 0 Å². The van der Waals surface area contributed by atoms with Crippen LogP contribution in [0.3, 0.4) is 0 Å². The fraction of sp³-hybridized carbons (Fsp3) is 0.923. The predicted octanol–water partition coefficient (Wildman–Crippen LogP) is 2.76. The third-order valence-corrected chi connectivity index (χ3v) is 2.96. The van der Waals surface area contributed by atoms with E-state index in [1.165, 1.54) is 0 Å². The molecule has 0 aliphatic heterocycles. The lowest BCUT2D eigenvalue weighted by Crippen LogP contribution is -2.40. The van der Waals surface area contributed by atoms with E-state index in [0.29, 0.717) is 25.4 Å². The second-order valence-electron chi connectivity index (χ2n) is 5.00. The lowest BCUT2D eigenvalue weighted by Gasteiger charge is -2.31. The van der Waals surface area contributed by atoms with Gasteiger partial charge in [0.1, 0.15) is 0 Å².